The van der Waals surface area contributed by atoms with Gasteiger partial charge in [0.05, 0.1) is 5.56 Å². The number of fused-ring (bicyclic) bond motifs is 1. The fourth-order valence-electron chi connectivity index (χ4n) is 3.44. The van der Waals surface area contributed by atoms with Gasteiger partial charge in [-0.05, 0) is 61.8 Å². The number of rotatable bonds is 5. The standard InChI is InChI=1S/C22H23NO3/c24-21(23-19-12-13-19)20(16-7-2-1-3-8-16)26-22(25)18-11-10-15-6-4-5-9-17(15)14-18/h1-3,7-8,10-11,14,19-20H,4-6,9,12-13H2,(H,23,24)/t20-/m0/s1. The van der Waals surface area contributed by atoms with E-state index in [9.17, 15) is 9.59 Å². The average molecular weight is 349 g/mol. The number of carbonyl (C=O) groups is 2. The molecule has 1 saturated carbocycles. The zero-order valence-corrected chi connectivity index (χ0v) is 14.7. The van der Waals surface area contributed by atoms with Crippen LogP contribution >= 0.6 is 0 Å². The van der Waals surface area contributed by atoms with Gasteiger partial charge >= 0.3 is 5.97 Å². The fourth-order valence-corrected chi connectivity index (χ4v) is 3.44. The van der Waals surface area contributed by atoms with Gasteiger partial charge in [0.2, 0.25) is 6.10 Å². The molecule has 26 heavy (non-hydrogen) atoms. The number of benzene rings is 2. The van der Waals surface area contributed by atoms with Gasteiger partial charge in [0.1, 0.15) is 0 Å². The molecular weight excluding hydrogens is 326 g/mol. The molecule has 2 aromatic rings. The molecule has 4 heteroatoms. The van der Waals surface area contributed by atoms with Crippen molar-refractivity contribution in [2.75, 3.05) is 0 Å². The molecule has 1 fully saturated rings. The van der Waals surface area contributed by atoms with Crippen LogP contribution in [0.5, 0.6) is 0 Å². The number of nitrogens with one attached hydrogen (secondary N) is 1. The van der Waals surface area contributed by atoms with Gasteiger partial charge < -0.3 is 10.1 Å². The molecule has 2 aliphatic rings. The van der Waals surface area contributed by atoms with Gasteiger partial charge in [0, 0.05) is 11.6 Å². The van der Waals surface area contributed by atoms with Crippen molar-refractivity contribution in [1.29, 1.82) is 0 Å². The highest BCUT2D eigenvalue weighted by molar-refractivity contribution is 5.93. The normalized spacial score (nSPS) is 17.1. The van der Waals surface area contributed by atoms with Crippen molar-refractivity contribution in [2.24, 2.45) is 0 Å². The first-order chi connectivity index (χ1) is 12.7. The summed E-state index contributed by atoms with van der Waals surface area (Å²) >= 11 is 0. The van der Waals surface area contributed by atoms with E-state index >= 15 is 0 Å². The minimum atomic E-state index is -0.916. The molecule has 2 aliphatic carbocycles. The zero-order valence-electron chi connectivity index (χ0n) is 14.7. The summed E-state index contributed by atoms with van der Waals surface area (Å²) in [5.74, 6) is -0.691. The van der Waals surface area contributed by atoms with Crippen LogP contribution in [0, 0.1) is 0 Å². The van der Waals surface area contributed by atoms with Crippen LogP contribution in [0.1, 0.15) is 58.8 Å². The SMILES string of the molecule is O=C(O[C@H](C(=O)NC1CC1)c1ccccc1)c1ccc2c(c1)CCCC2. The lowest BCUT2D eigenvalue weighted by molar-refractivity contribution is -0.130. The van der Waals surface area contributed by atoms with E-state index in [1.807, 2.05) is 48.5 Å². The summed E-state index contributed by atoms with van der Waals surface area (Å²) in [4.78, 5) is 25.3. The van der Waals surface area contributed by atoms with Crippen molar-refractivity contribution in [3.8, 4) is 0 Å². The topological polar surface area (TPSA) is 55.4 Å². The van der Waals surface area contributed by atoms with Crippen molar-refractivity contribution >= 4 is 11.9 Å². The van der Waals surface area contributed by atoms with Gasteiger partial charge in [-0.3, -0.25) is 4.79 Å². The number of esters is 1. The Labute approximate surface area is 153 Å². The lowest BCUT2D eigenvalue weighted by Gasteiger charge is -2.19. The maximum atomic E-state index is 12.7. The van der Waals surface area contributed by atoms with Crippen LogP contribution in [0.2, 0.25) is 0 Å². The minimum absolute atomic E-state index is 0.219. The Kier molecular flexibility index (Phi) is 4.74. The Hall–Kier alpha value is -2.62. The van der Waals surface area contributed by atoms with Crippen LogP contribution in [0.25, 0.3) is 0 Å². The number of ether oxygens (including phenoxy) is 1. The monoisotopic (exact) mass is 349 g/mol. The second kappa shape index (κ2) is 7.32. The summed E-state index contributed by atoms with van der Waals surface area (Å²) in [7, 11) is 0. The fraction of sp³-hybridized carbons (Fsp3) is 0.364. The van der Waals surface area contributed by atoms with Gasteiger partial charge in [0.15, 0.2) is 0 Å². The van der Waals surface area contributed by atoms with Crippen molar-refractivity contribution < 1.29 is 14.3 Å². The first kappa shape index (κ1) is 16.8. The van der Waals surface area contributed by atoms with E-state index in [2.05, 4.69) is 5.32 Å². The molecule has 0 unspecified atom stereocenters. The molecule has 0 heterocycles. The Morgan fingerprint density at radius 3 is 2.42 bits per heavy atom. The molecular formula is C22H23NO3. The highest BCUT2D eigenvalue weighted by Crippen LogP contribution is 2.26. The molecule has 0 radical (unpaired) electrons. The van der Waals surface area contributed by atoms with Crippen LogP contribution in [-0.2, 0) is 22.4 Å². The molecule has 0 saturated heterocycles. The smallest absolute Gasteiger partial charge is 0.339 e. The first-order valence-corrected chi connectivity index (χ1v) is 9.39. The summed E-state index contributed by atoms with van der Waals surface area (Å²) in [6.45, 7) is 0. The molecule has 0 aromatic heterocycles. The second-order valence-electron chi connectivity index (χ2n) is 7.17. The first-order valence-electron chi connectivity index (χ1n) is 9.39. The maximum absolute atomic E-state index is 12.7. The number of hydrogen-bond donors (Lipinski definition) is 1. The Bertz CT molecular complexity index is 811. The molecule has 4 rings (SSSR count). The molecule has 1 N–H and O–H groups in total. The van der Waals surface area contributed by atoms with E-state index in [1.165, 1.54) is 17.5 Å². The van der Waals surface area contributed by atoms with Crippen molar-refractivity contribution in [3.05, 3.63) is 70.8 Å². The van der Waals surface area contributed by atoms with E-state index in [-0.39, 0.29) is 11.9 Å². The lowest BCUT2D eigenvalue weighted by atomic mass is 9.90. The second-order valence-corrected chi connectivity index (χ2v) is 7.17. The quantitative estimate of drug-likeness (QED) is 0.837. The van der Waals surface area contributed by atoms with Gasteiger partial charge in [-0.1, -0.05) is 36.4 Å². The third-order valence-electron chi connectivity index (χ3n) is 5.07. The Morgan fingerprint density at radius 1 is 0.962 bits per heavy atom. The van der Waals surface area contributed by atoms with E-state index in [1.54, 1.807) is 0 Å². The molecule has 134 valence electrons. The molecule has 0 bridgehead atoms. The Morgan fingerprint density at radius 2 is 1.69 bits per heavy atom. The highest BCUT2D eigenvalue weighted by atomic mass is 16.5. The van der Waals surface area contributed by atoms with Crippen LogP contribution in [0.3, 0.4) is 0 Å². The third-order valence-corrected chi connectivity index (χ3v) is 5.07. The van der Waals surface area contributed by atoms with Crippen LogP contribution < -0.4 is 5.32 Å². The zero-order chi connectivity index (χ0) is 17.9. The van der Waals surface area contributed by atoms with Gasteiger partial charge in [-0.15, -0.1) is 0 Å². The molecule has 1 amide bonds. The van der Waals surface area contributed by atoms with Crippen molar-refractivity contribution in [1.82, 2.24) is 5.32 Å². The van der Waals surface area contributed by atoms with E-state index in [4.69, 9.17) is 4.74 Å². The number of carbonyl (C=O) groups excluding carboxylic acids is 2. The van der Waals surface area contributed by atoms with E-state index in [0.717, 1.165) is 32.1 Å². The summed E-state index contributed by atoms with van der Waals surface area (Å²) < 4.78 is 5.65. The van der Waals surface area contributed by atoms with Gasteiger partial charge in [-0.25, -0.2) is 4.79 Å². The highest BCUT2D eigenvalue weighted by Gasteiger charge is 2.31. The predicted octanol–water partition coefficient (Wildman–Crippen LogP) is 3.74. The minimum Gasteiger partial charge on any atom is -0.444 e. The largest absolute Gasteiger partial charge is 0.444 e. The number of hydrogen-bond acceptors (Lipinski definition) is 3. The lowest BCUT2D eigenvalue weighted by Crippen LogP contribution is -2.33. The number of amides is 1. The van der Waals surface area contributed by atoms with Crippen LogP contribution in [0.15, 0.2) is 48.5 Å². The summed E-state index contributed by atoms with van der Waals surface area (Å²) in [6, 6.07) is 15.2. The maximum Gasteiger partial charge on any atom is 0.339 e. The van der Waals surface area contributed by atoms with Crippen LogP contribution in [-0.4, -0.2) is 17.9 Å². The molecule has 2 aromatic carbocycles. The molecule has 4 nitrogen and oxygen atoms in total. The van der Waals surface area contributed by atoms with E-state index in [0.29, 0.717) is 11.1 Å². The number of aryl methyl sites for hydroxylation is 2. The third kappa shape index (κ3) is 3.79. The molecule has 1 atom stereocenters. The summed E-state index contributed by atoms with van der Waals surface area (Å²) in [5.41, 5.74) is 3.76. The van der Waals surface area contributed by atoms with Crippen molar-refractivity contribution in [3.63, 3.8) is 0 Å². The predicted molar refractivity (Wildman–Crippen MR) is 98.8 cm³/mol. The summed E-state index contributed by atoms with van der Waals surface area (Å²) in [6.07, 6.45) is 5.50. The summed E-state index contributed by atoms with van der Waals surface area (Å²) in [5, 5.41) is 2.94. The molecule has 0 aliphatic heterocycles. The van der Waals surface area contributed by atoms with Gasteiger partial charge in [-0.2, -0.15) is 0 Å². The average Bonchev–Trinajstić information content (AvgIpc) is 3.50. The van der Waals surface area contributed by atoms with Crippen molar-refractivity contribution in [2.45, 2.75) is 50.7 Å². The molecule has 0 spiro atoms. The van der Waals surface area contributed by atoms with Crippen LogP contribution in [0.4, 0.5) is 0 Å². The van der Waals surface area contributed by atoms with Gasteiger partial charge in [0.25, 0.3) is 5.91 Å². The Balaban J connectivity index is 1.54. The van der Waals surface area contributed by atoms with E-state index < -0.39 is 12.1 Å².